The predicted molar refractivity (Wildman–Crippen MR) is 88.8 cm³/mol. The number of nitrogens with one attached hydrogen (secondary N) is 1. The van der Waals surface area contributed by atoms with Gasteiger partial charge in [0.1, 0.15) is 10.8 Å². The molecule has 0 aliphatic heterocycles. The van der Waals surface area contributed by atoms with Crippen LogP contribution in [0.3, 0.4) is 0 Å². The van der Waals surface area contributed by atoms with E-state index in [4.69, 9.17) is 27.7 Å². The Morgan fingerprint density at radius 1 is 1.38 bits per heavy atom. The van der Waals surface area contributed by atoms with Gasteiger partial charge < -0.3 is 15.8 Å². The van der Waals surface area contributed by atoms with E-state index in [9.17, 15) is 0 Å². The molecule has 1 fully saturated rings. The first kappa shape index (κ1) is 14.7. The van der Waals surface area contributed by atoms with Crippen molar-refractivity contribution in [3.8, 4) is 0 Å². The molecule has 114 valence electrons. The highest BCUT2D eigenvalue weighted by Crippen LogP contribution is 2.28. The molecule has 0 amide bonds. The summed E-state index contributed by atoms with van der Waals surface area (Å²) in [5.74, 6) is 0.866. The predicted octanol–water partition coefficient (Wildman–Crippen LogP) is 2.57. The lowest BCUT2D eigenvalue weighted by Crippen LogP contribution is -2.23. The van der Waals surface area contributed by atoms with Crippen LogP contribution in [0.5, 0.6) is 0 Å². The third kappa shape index (κ3) is 3.19. The minimum absolute atomic E-state index is 0.355. The third-order valence-corrected chi connectivity index (χ3v) is 4.84. The Bertz CT molecular complexity index is 547. The fourth-order valence-corrected chi connectivity index (χ4v) is 3.57. The Balaban J connectivity index is 1.84. The molecule has 0 bridgehead atoms. The van der Waals surface area contributed by atoms with Crippen LogP contribution < -0.4 is 11.1 Å². The number of thiocarbonyl (C=S) groups is 1. The second kappa shape index (κ2) is 6.28. The number of fused-ring (bicyclic) bond motifs is 1. The second-order valence-corrected chi connectivity index (χ2v) is 6.51. The van der Waals surface area contributed by atoms with Gasteiger partial charge in [-0.3, -0.25) is 0 Å². The minimum Gasteiger partial charge on any atom is -0.389 e. The molecule has 3 rings (SSSR count). The van der Waals surface area contributed by atoms with Gasteiger partial charge in [0.25, 0.3) is 0 Å². The Kier molecular flexibility index (Phi) is 4.40. The van der Waals surface area contributed by atoms with Crippen LogP contribution in [0.2, 0.25) is 0 Å². The summed E-state index contributed by atoms with van der Waals surface area (Å²) in [6.07, 6.45) is 8.19. The number of rotatable bonds is 4. The molecule has 5 heteroatoms. The van der Waals surface area contributed by atoms with E-state index < -0.39 is 0 Å². The number of aromatic nitrogens is 1. The average molecular weight is 305 g/mol. The minimum atomic E-state index is 0.355. The van der Waals surface area contributed by atoms with Crippen LogP contribution in [0.25, 0.3) is 0 Å². The van der Waals surface area contributed by atoms with Gasteiger partial charge in [0.15, 0.2) is 0 Å². The van der Waals surface area contributed by atoms with Crippen molar-refractivity contribution in [2.45, 2.75) is 57.1 Å². The Hall–Kier alpha value is -1.20. The summed E-state index contributed by atoms with van der Waals surface area (Å²) in [5, 5.41) is 3.55. The molecule has 0 saturated heterocycles. The smallest absolute Gasteiger partial charge is 0.136 e. The summed E-state index contributed by atoms with van der Waals surface area (Å²) in [5.41, 5.74) is 9.33. The average Bonchev–Trinajstić information content (AvgIpc) is 2.94. The van der Waals surface area contributed by atoms with E-state index in [1.54, 1.807) is 7.11 Å². The third-order valence-electron chi connectivity index (χ3n) is 4.62. The molecule has 1 aromatic rings. The maximum Gasteiger partial charge on any atom is 0.136 e. The van der Waals surface area contributed by atoms with Crippen molar-refractivity contribution in [3.05, 3.63) is 22.9 Å². The van der Waals surface area contributed by atoms with Crippen LogP contribution in [-0.4, -0.2) is 29.2 Å². The molecule has 2 aliphatic carbocycles. The molecule has 1 aromatic heterocycles. The Morgan fingerprint density at radius 3 is 2.90 bits per heavy atom. The molecule has 4 nitrogen and oxygen atoms in total. The number of hydrogen-bond acceptors (Lipinski definition) is 4. The summed E-state index contributed by atoms with van der Waals surface area (Å²) in [6, 6.07) is 2.55. The highest BCUT2D eigenvalue weighted by atomic mass is 32.1. The molecular formula is C16H23N3OS. The molecule has 3 N–H and O–H groups in total. The van der Waals surface area contributed by atoms with Crippen molar-refractivity contribution in [1.82, 2.24) is 4.98 Å². The number of methoxy groups -OCH3 is 1. The lowest BCUT2D eigenvalue weighted by atomic mass is 9.94. The zero-order valence-electron chi connectivity index (χ0n) is 12.5. The normalized spacial score (nSPS) is 24.6. The van der Waals surface area contributed by atoms with E-state index in [0.29, 0.717) is 17.1 Å². The molecule has 2 aliphatic rings. The monoisotopic (exact) mass is 305 g/mol. The van der Waals surface area contributed by atoms with E-state index in [-0.39, 0.29) is 0 Å². The summed E-state index contributed by atoms with van der Waals surface area (Å²) < 4.78 is 5.44. The van der Waals surface area contributed by atoms with Crippen LogP contribution >= 0.6 is 12.2 Å². The van der Waals surface area contributed by atoms with E-state index >= 15 is 0 Å². The van der Waals surface area contributed by atoms with Gasteiger partial charge >= 0.3 is 0 Å². The highest BCUT2D eigenvalue weighted by Gasteiger charge is 2.26. The quantitative estimate of drug-likeness (QED) is 0.837. The number of anilines is 1. The van der Waals surface area contributed by atoms with Crippen LogP contribution in [-0.2, 0) is 17.6 Å². The van der Waals surface area contributed by atoms with Crippen molar-refractivity contribution < 1.29 is 4.74 Å². The first-order chi connectivity index (χ1) is 10.2. The molecule has 21 heavy (non-hydrogen) atoms. The number of ether oxygens (including phenoxy) is 1. The zero-order chi connectivity index (χ0) is 14.8. The number of pyridine rings is 1. The fourth-order valence-electron chi connectivity index (χ4n) is 3.41. The SMILES string of the molecule is COC1CCC(Nc2nc3c(cc2C(N)=S)CCCC3)C1. The number of nitrogens with zero attached hydrogens (tertiary/aromatic N) is 1. The second-order valence-electron chi connectivity index (χ2n) is 6.07. The van der Waals surface area contributed by atoms with Crippen LogP contribution in [0.1, 0.15) is 48.9 Å². The van der Waals surface area contributed by atoms with Gasteiger partial charge in [-0.25, -0.2) is 4.98 Å². The van der Waals surface area contributed by atoms with Crippen molar-refractivity contribution in [1.29, 1.82) is 0 Å². The molecule has 1 saturated carbocycles. The van der Waals surface area contributed by atoms with Gasteiger partial charge in [0.2, 0.25) is 0 Å². The van der Waals surface area contributed by atoms with Crippen molar-refractivity contribution in [2.24, 2.45) is 5.73 Å². The number of aryl methyl sites for hydroxylation is 2. The van der Waals surface area contributed by atoms with Gasteiger partial charge in [-0.15, -0.1) is 0 Å². The molecule has 0 radical (unpaired) electrons. The topological polar surface area (TPSA) is 60.2 Å². The maximum absolute atomic E-state index is 5.90. The zero-order valence-corrected chi connectivity index (χ0v) is 13.3. The Morgan fingerprint density at radius 2 is 2.19 bits per heavy atom. The van der Waals surface area contributed by atoms with E-state index in [1.165, 1.54) is 24.1 Å². The molecule has 2 unspecified atom stereocenters. The van der Waals surface area contributed by atoms with Crippen molar-refractivity contribution >= 4 is 23.0 Å². The van der Waals surface area contributed by atoms with Crippen LogP contribution in [0.4, 0.5) is 5.82 Å². The number of hydrogen-bond donors (Lipinski definition) is 2. The molecule has 0 spiro atoms. The first-order valence-electron chi connectivity index (χ1n) is 7.79. The highest BCUT2D eigenvalue weighted by molar-refractivity contribution is 7.80. The van der Waals surface area contributed by atoms with Gasteiger partial charge in [-0.2, -0.15) is 0 Å². The molecule has 0 aromatic carbocycles. The summed E-state index contributed by atoms with van der Waals surface area (Å²) in [6.45, 7) is 0. The summed E-state index contributed by atoms with van der Waals surface area (Å²) in [4.78, 5) is 5.26. The number of nitrogens with two attached hydrogens (primary N) is 1. The van der Waals surface area contributed by atoms with Crippen molar-refractivity contribution in [2.75, 3.05) is 12.4 Å². The summed E-state index contributed by atoms with van der Waals surface area (Å²) in [7, 11) is 1.78. The molecule has 1 heterocycles. The van der Waals surface area contributed by atoms with E-state index in [2.05, 4.69) is 11.4 Å². The lowest BCUT2D eigenvalue weighted by molar-refractivity contribution is 0.108. The van der Waals surface area contributed by atoms with Gasteiger partial charge in [0, 0.05) is 18.8 Å². The van der Waals surface area contributed by atoms with Crippen LogP contribution in [0, 0.1) is 0 Å². The largest absolute Gasteiger partial charge is 0.389 e. The molecular weight excluding hydrogens is 282 g/mol. The maximum atomic E-state index is 5.90. The molecule has 2 atom stereocenters. The van der Waals surface area contributed by atoms with Crippen molar-refractivity contribution in [3.63, 3.8) is 0 Å². The van der Waals surface area contributed by atoms with Gasteiger partial charge in [-0.1, -0.05) is 12.2 Å². The van der Waals surface area contributed by atoms with E-state index in [0.717, 1.165) is 43.5 Å². The van der Waals surface area contributed by atoms with Crippen LogP contribution in [0.15, 0.2) is 6.07 Å². The fraction of sp³-hybridized carbons (Fsp3) is 0.625. The van der Waals surface area contributed by atoms with E-state index in [1.807, 2.05) is 0 Å². The Labute approximate surface area is 131 Å². The standard InChI is InChI=1S/C16H23N3OS/c1-20-12-7-6-11(9-12)18-16-13(15(17)21)8-10-4-2-3-5-14(10)19-16/h8,11-12H,2-7,9H2,1H3,(H2,17,21)(H,18,19). The first-order valence-corrected chi connectivity index (χ1v) is 8.20. The lowest BCUT2D eigenvalue weighted by Gasteiger charge is -2.21. The van der Waals surface area contributed by atoms with Gasteiger partial charge in [-0.05, 0) is 56.6 Å². The van der Waals surface area contributed by atoms with Gasteiger partial charge in [0.05, 0.1) is 11.7 Å². The summed E-state index contributed by atoms with van der Waals surface area (Å²) >= 11 is 5.21.